The SMILES string of the molecule is CCCCOc1ccc(CNC(=O)c2cc(S(C)(=O)=O)ccc2Cl)cc1OC. The molecule has 0 heterocycles. The number of nitrogens with one attached hydrogen (secondary N) is 1. The third-order valence-electron chi connectivity index (χ3n) is 4.05. The molecule has 0 aliphatic carbocycles. The van der Waals surface area contributed by atoms with E-state index in [9.17, 15) is 13.2 Å². The summed E-state index contributed by atoms with van der Waals surface area (Å²) in [4.78, 5) is 12.5. The number of carbonyl (C=O) groups is 1. The molecule has 0 aliphatic heterocycles. The molecule has 0 saturated heterocycles. The van der Waals surface area contributed by atoms with Crippen LogP contribution >= 0.6 is 11.6 Å². The van der Waals surface area contributed by atoms with E-state index in [0.29, 0.717) is 18.1 Å². The number of amides is 1. The summed E-state index contributed by atoms with van der Waals surface area (Å²) in [6.07, 6.45) is 3.07. The standard InChI is InChI=1S/C20H24ClNO5S/c1-4-5-10-27-18-9-6-14(11-19(18)26-2)13-22-20(23)16-12-15(28(3,24)25)7-8-17(16)21/h6-9,11-12H,4-5,10,13H2,1-3H3,(H,22,23). The normalized spacial score (nSPS) is 11.1. The number of halogens is 1. The van der Waals surface area contributed by atoms with Crippen LogP contribution in [0.2, 0.25) is 5.02 Å². The highest BCUT2D eigenvalue weighted by Gasteiger charge is 2.15. The first-order valence-electron chi connectivity index (χ1n) is 8.83. The van der Waals surface area contributed by atoms with Crippen LogP contribution in [0.4, 0.5) is 0 Å². The van der Waals surface area contributed by atoms with Crippen LogP contribution in [0.25, 0.3) is 0 Å². The van der Waals surface area contributed by atoms with Crippen molar-refractivity contribution in [1.82, 2.24) is 5.32 Å². The maximum absolute atomic E-state index is 12.5. The van der Waals surface area contributed by atoms with Crippen LogP contribution in [-0.2, 0) is 16.4 Å². The summed E-state index contributed by atoms with van der Waals surface area (Å²) in [5, 5.41) is 2.93. The van der Waals surface area contributed by atoms with Gasteiger partial charge in [-0.1, -0.05) is 31.0 Å². The minimum Gasteiger partial charge on any atom is -0.493 e. The van der Waals surface area contributed by atoms with Crippen molar-refractivity contribution < 1.29 is 22.7 Å². The van der Waals surface area contributed by atoms with Gasteiger partial charge in [-0.25, -0.2) is 8.42 Å². The molecule has 0 fully saturated rings. The largest absolute Gasteiger partial charge is 0.493 e. The molecule has 0 atom stereocenters. The van der Waals surface area contributed by atoms with E-state index in [-0.39, 0.29) is 22.0 Å². The number of hydrogen-bond donors (Lipinski definition) is 1. The topological polar surface area (TPSA) is 81.7 Å². The van der Waals surface area contributed by atoms with Crippen LogP contribution in [0.5, 0.6) is 11.5 Å². The highest BCUT2D eigenvalue weighted by molar-refractivity contribution is 7.90. The molecule has 0 aromatic heterocycles. The molecule has 8 heteroatoms. The van der Waals surface area contributed by atoms with Crippen molar-refractivity contribution in [2.75, 3.05) is 20.0 Å². The number of carbonyl (C=O) groups excluding carboxylic acids is 1. The van der Waals surface area contributed by atoms with Gasteiger partial charge in [-0.2, -0.15) is 0 Å². The van der Waals surface area contributed by atoms with E-state index < -0.39 is 15.7 Å². The average Bonchev–Trinajstić information content (AvgIpc) is 2.66. The molecule has 6 nitrogen and oxygen atoms in total. The molecule has 152 valence electrons. The molecule has 0 saturated carbocycles. The van der Waals surface area contributed by atoms with E-state index in [2.05, 4.69) is 12.2 Å². The predicted octanol–water partition coefficient (Wildman–Crippen LogP) is 3.86. The second-order valence-electron chi connectivity index (χ2n) is 6.28. The van der Waals surface area contributed by atoms with Crippen molar-refractivity contribution in [1.29, 1.82) is 0 Å². The Kier molecular flexibility index (Phi) is 7.71. The highest BCUT2D eigenvalue weighted by Crippen LogP contribution is 2.28. The Morgan fingerprint density at radius 3 is 2.54 bits per heavy atom. The quantitative estimate of drug-likeness (QED) is 0.617. The number of benzene rings is 2. The summed E-state index contributed by atoms with van der Waals surface area (Å²) >= 11 is 6.06. The molecule has 2 aromatic carbocycles. The molecule has 2 rings (SSSR count). The number of rotatable bonds is 9. The van der Waals surface area contributed by atoms with Crippen LogP contribution < -0.4 is 14.8 Å². The molecule has 1 amide bonds. The van der Waals surface area contributed by atoms with Gasteiger partial charge in [-0.3, -0.25) is 4.79 Å². The first kappa shape index (κ1) is 22.0. The predicted molar refractivity (Wildman–Crippen MR) is 109 cm³/mol. The van der Waals surface area contributed by atoms with Gasteiger partial charge >= 0.3 is 0 Å². The maximum atomic E-state index is 12.5. The highest BCUT2D eigenvalue weighted by atomic mass is 35.5. The molecule has 0 unspecified atom stereocenters. The lowest BCUT2D eigenvalue weighted by Crippen LogP contribution is -2.23. The molecule has 0 radical (unpaired) electrons. The Morgan fingerprint density at radius 1 is 1.14 bits per heavy atom. The van der Waals surface area contributed by atoms with Crippen LogP contribution in [-0.4, -0.2) is 34.3 Å². The average molecular weight is 426 g/mol. The van der Waals surface area contributed by atoms with Crippen LogP contribution in [0.1, 0.15) is 35.7 Å². The van der Waals surface area contributed by atoms with Crippen LogP contribution in [0.3, 0.4) is 0 Å². The fourth-order valence-electron chi connectivity index (χ4n) is 2.45. The van der Waals surface area contributed by atoms with Gasteiger partial charge < -0.3 is 14.8 Å². The number of methoxy groups -OCH3 is 1. The summed E-state index contributed by atoms with van der Waals surface area (Å²) in [5.41, 5.74) is 0.916. The third-order valence-corrected chi connectivity index (χ3v) is 5.49. The van der Waals surface area contributed by atoms with Crippen molar-refractivity contribution in [2.24, 2.45) is 0 Å². The number of sulfone groups is 1. The summed E-state index contributed by atoms with van der Waals surface area (Å²) in [6.45, 7) is 2.92. The van der Waals surface area contributed by atoms with Gasteiger partial charge in [0.1, 0.15) is 0 Å². The van der Waals surface area contributed by atoms with Crippen LogP contribution in [0, 0.1) is 0 Å². The lowest BCUT2D eigenvalue weighted by atomic mass is 10.1. The van der Waals surface area contributed by atoms with E-state index in [1.54, 1.807) is 19.2 Å². The second kappa shape index (κ2) is 9.80. The number of ether oxygens (including phenoxy) is 2. The smallest absolute Gasteiger partial charge is 0.253 e. The lowest BCUT2D eigenvalue weighted by molar-refractivity contribution is 0.0951. The minimum atomic E-state index is -3.44. The van der Waals surface area contributed by atoms with Gasteiger partial charge in [-0.15, -0.1) is 0 Å². The van der Waals surface area contributed by atoms with E-state index in [1.165, 1.54) is 18.2 Å². The Hall–Kier alpha value is -2.25. The van der Waals surface area contributed by atoms with Gasteiger partial charge in [0, 0.05) is 12.8 Å². The van der Waals surface area contributed by atoms with E-state index >= 15 is 0 Å². The van der Waals surface area contributed by atoms with E-state index in [0.717, 1.165) is 24.7 Å². The molecular weight excluding hydrogens is 402 g/mol. The minimum absolute atomic E-state index is 0.0392. The summed E-state index contributed by atoms with van der Waals surface area (Å²) in [7, 11) is -1.88. The summed E-state index contributed by atoms with van der Waals surface area (Å²) < 4.78 is 34.4. The third kappa shape index (κ3) is 5.87. The number of unbranched alkanes of at least 4 members (excludes halogenated alkanes) is 1. The van der Waals surface area contributed by atoms with Crippen molar-refractivity contribution in [3.8, 4) is 11.5 Å². The summed E-state index contributed by atoms with van der Waals surface area (Å²) in [6, 6.07) is 9.47. The first-order valence-corrected chi connectivity index (χ1v) is 11.1. The molecule has 0 aliphatic rings. The Bertz CT molecular complexity index is 944. The Morgan fingerprint density at radius 2 is 1.89 bits per heavy atom. The van der Waals surface area contributed by atoms with Gasteiger partial charge in [0.2, 0.25) is 0 Å². The number of hydrogen-bond acceptors (Lipinski definition) is 5. The zero-order chi connectivity index (χ0) is 20.7. The van der Waals surface area contributed by atoms with Crippen molar-refractivity contribution in [3.63, 3.8) is 0 Å². The first-order chi connectivity index (χ1) is 13.3. The molecule has 0 spiro atoms. The van der Waals surface area contributed by atoms with Gasteiger partial charge in [0.25, 0.3) is 5.91 Å². The monoisotopic (exact) mass is 425 g/mol. The van der Waals surface area contributed by atoms with Gasteiger partial charge in [-0.05, 0) is 42.3 Å². The van der Waals surface area contributed by atoms with E-state index in [1.807, 2.05) is 6.07 Å². The molecule has 1 N–H and O–H groups in total. The van der Waals surface area contributed by atoms with Gasteiger partial charge in [0.05, 0.1) is 29.2 Å². The maximum Gasteiger partial charge on any atom is 0.253 e. The Labute approximate surface area is 170 Å². The molecular formula is C20H24ClNO5S. The second-order valence-corrected chi connectivity index (χ2v) is 8.71. The van der Waals surface area contributed by atoms with Crippen LogP contribution in [0.15, 0.2) is 41.3 Å². The fourth-order valence-corrected chi connectivity index (χ4v) is 3.30. The molecule has 28 heavy (non-hydrogen) atoms. The zero-order valence-electron chi connectivity index (χ0n) is 16.1. The zero-order valence-corrected chi connectivity index (χ0v) is 17.7. The molecule has 2 aromatic rings. The van der Waals surface area contributed by atoms with Gasteiger partial charge in [0.15, 0.2) is 21.3 Å². The molecule has 0 bridgehead atoms. The Balaban J connectivity index is 2.10. The summed E-state index contributed by atoms with van der Waals surface area (Å²) in [5.74, 6) is 0.771. The fraction of sp³-hybridized carbons (Fsp3) is 0.350. The van der Waals surface area contributed by atoms with Crippen molar-refractivity contribution >= 4 is 27.3 Å². The van der Waals surface area contributed by atoms with Crippen molar-refractivity contribution in [2.45, 2.75) is 31.2 Å². The van der Waals surface area contributed by atoms with E-state index in [4.69, 9.17) is 21.1 Å². The lowest BCUT2D eigenvalue weighted by Gasteiger charge is -2.13. The van der Waals surface area contributed by atoms with Crippen molar-refractivity contribution in [3.05, 3.63) is 52.5 Å².